The average molecular weight is 289 g/mol. The molecule has 1 aromatic rings. The Balaban J connectivity index is 2.40. The summed E-state index contributed by atoms with van der Waals surface area (Å²) in [7, 11) is 0. The molecule has 1 atom stereocenters. The predicted octanol–water partition coefficient (Wildman–Crippen LogP) is 1.80. The van der Waals surface area contributed by atoms with Crippen LogP contribution >= 0.6 is 0 Å². The lowest BCUT2D eigenvalue weighted by Gasteiger charge is -2.49. The van der Waals surface area contributed by atoms with Crippen LogP contribution in [0.1, 0.15) is 45.2 Å². The highest BCUT2D eigenvalue weighted by atomic mass is 16.2. The fourth-order valence-corrected chi connectivity index (χ4v) is 2.64. The summed E-state index contributed by atoms with van der Waals surface area (Å²) >= 11 is 0. The Bertz CT molecular complexity index is 583. The van der Waals surface area contributed by atoms with Gasteiger partial charge in [0.2, 0.25) is 11.8 Å². The number of rotatable bonds is 3. The van der Waals surface area contributed by atoms with Crippen LogP contribution in [-0.4, -0.2) is 32.8 Å². The van der Waals surface area contributed by atoms with Crippen LogP contribution in [0.15, 0.2) is 18.5 Å². The number of aryl methyl sites for hydroxylation is 1. The zero-order chi connectivity index (χ0) is 15.8. The number of nitrogens with one attached hydrogen (secondary N) is 1. The monoisotopic (exact) mass is 289 g/mol. The lowest BCUT2D eigenvalue weighted by atomic mass is 9.86. The Labute approximate surface area is 125 Å². The van der Waals surface area contributed by atoms with Gasteiger partial charge in [0.25, 0.3) is 0 Å². The molecule has 0 saturated carbocycles. The summed E-state index contributed by atoms with van der Waals surface area (Å²) in [5, 5.41) is 2.83. The van der Waals surface area contributed by atoms with Crippen molar-refractivity contribution in [1.82, 2.24) is 15.2 Å². The SMILES string of the molecule is CCC1(C)C(=O)NC(C)(C)C(=O)N1Cc1cncc(C)c1. The number of hydrogen-bond donors (Lipinski definition) is 1. The first-order valence-corrected chi connectivity index (χ1v) is 7.26. The van der Waals surface area contributed by atoms with Gasteiger partial charge in [-0.25, -0.2) is 0 Å². The molecule has 0 spiro atoms. The largest absolute Gasteiger partial charge is 0.340 e. The van der Waals surface area contributed by atoms with Crippen molar-refractivity contribution < 1.29 is 9.59 Å². The summed E-state index contributed by atoms with van der Waals surface area (Å²) in [6, 6.07) is 2.00. The van der Waals surface area contributed by atoms with E-state index >= 15 is 0 Å². The molecule has 114 valence electrons. The maximum Gasteiger partial charge on any atom is 0.248 e. The highest BCUT2D eigenvalue weighted by molar-refractivity contribution is 6.01. The lowest BCUT2D eigenvalue weighted by molar-refractivity contribution is -0.161. The van der Waals surface area contributed by atoms with E-state index in [2.05, 4.69) is 10.3 Å². The van der Waals surface area contributed by atoms with Crippen molar-refractivity contribution in [1.29, 1.82) is 0 Å². The zero-order valence-corrected chi connectivity index (χ0v) is 13.4. The molecule has 1 aromatic heterocycles. The number of piperazine rings is 1. The van der Waals surface area contributed by atoms with Crippen LogP contribution in [0.3, 0.4) is 0 Å². The second-order valence-corrected chi connectivity index (χ2v) is 6.47. The summed E-state index contributed by atoms with van der Waals surface area (Å²) in [5.74, 6) is -0.164. The number of hydrogen-bond acceptors (Lipinski definition) is 3. The van der Waals surface area contributed by atoms with E-state index in [1.807, 2.05) is 26.8 Å². The first kappa shape index (κ1) is 15.5. The molecule has 0 radical (unpaired) electrons. The summed E-state index contributed by atoms with van der Waals surface area (Å²) in [5.41, 5.74) is 0.284. The van der Waals surface area contributed by atoms with Gasteiger partial charge in [-0.15, -0.1) is 0 Å². The van der Waals surface area contributed by atoms with Crippen molar-refractivity contribution in [2.24, 2.45) is 0 Å². The van der Waals surface area contributed by atoms with Crippen molar-refractivity contribution in [3.05, 3.63) is 29.6 Å². The van der Waals surface area contributed by atoms with Crippen molar-refractivity contribution >= 4 is 11.8 Å². The summed E-state index contributed by atoms with van der Waals surface area (Å²) in [6.45, 7) is 9.58. The molecule has 1 unspecified atom stereocenters. The molecule has 0 aliphatic carbocycles. The van der Waals surface area contributed by atoms with Crippen molar-refractivity contribution in [3.63, 3.8) is 0 Å². The molecular formula is C16H23N3O2. The van der Waals surface area contributed by atoms with Gasteiger partial charge < -0.3 is 10.2 Å². The Morgan fingerprint density at radius 3 is 2.48 bits per heavy atom. The first-order chi connectivity index (χ1) is 9.70. The molecule has 1 fully saturated rings. The third-order valence-electron chi connectivity index (χ3n) is 4.25. The van der Waals surface area contributed by atoms with Gasteiger partial charge in [-0.2, -0.15) is 0 Å². The van der Waals surface area contributed by atoms with E-state index in [0.29, 0.717) is 13.0 Å². The fraction of sp³-hybridized carbons (Fsp3) is 0.562. The van der Waals surface area contributed by atoms with Gasteiger partial charge in [0.05, 0.1) is 0 Å². The third-order valence-corrected chi connectivity index (χ3v) is 4.25. The van der Waals surface area contributed by atoms with Gasteiger partial charge in [0, 0.05) is 18.9 Å². The number of pyridine rings is 1. The summed E-state index contributed by atoms with van der Waals surface area (Å²) in [4.78, 5) is 31.1. The van der Waals surface area contributed by atoms with Crippen LogP contribution in [0.25, 0.3) is 0 Å². The molecule has 0 bridgehead atoms. The minimum atomic E-state index is -0.872. The van der Waals surface area contributed by atoms with E-state index in [0.717, 1.165) is 11.1 Å². The molecule has 0 aromatic carbocycles. The zero-order valence-electron chi connectivity index (χ0n) is 13.4. The Morgan fingerprint density at radius 1 is 1.24 bits per heavy atom. The van der Waals surface area contributed by atoms with Gasteiger partial charge in [0.15, 0.2) is 0 Å². The Morgan fingerprint density at radius 2 is 1.90 bits per heavy atom. The normalized spacial score (nSPS) is 24.9. The van der Waals surface area contributed by atoms with Crippen molar-refractivity contribution in [2.75, 3.05) is 0 Å². The molecule has 21 heavy (non-hydrogen) atoms. The molecular weight excluding hydrogens is 266 g/mol. The molecule has 2 amide bonds. The highest BCUT2D eigenvalue weighted by Crippen LogP contribution is 2.30. The van der Waals surface area contributed by atoms with Gasteiger partial charge in [-0.3, -0.25) is 14.6 Å². The van der Waals surface area contributed by atoms with Crippen LogP contribution in [0.5, 0.6) is 0 Å². The predicted molar refractivity (Wildman–Crippen MR) is 80.4 cm³/mol. The number of carbonyl (C=O) groups is 2. The second kappa shape index (κ2) is 5.13. The smallest absolute Gasteiger partial charge is 0.248 e. The van der Waals surface area contributed by atoms with E-state index in [9.17, 15) is 9.59 Å². The first-order valence-electron chi connectivity index (χ1n) is 7.26. The average Bonchev–Trinajstić information content (AvgIpc) is 2.41. The lowest BCUT2D eigenvalue weighted by Crippen LogP contribution is -2.72. The molecule has 1 aliphatic heterocycles. The van der Waals surface area contributed by atoms with E-state index in [1.165, 1.54) is 0 Å². The topological polar surface area (TPSA) is 62.3 Å². The third kappa shape index (κ3) is 2.64. The molecule has 5 nitrogen and oxygen atoms in total. The van der Waals surface area contributed by atoms with Crippen molar-refractivity contribution in [2.45, 2.75) is 58.7 Å². The molecule has 2 rings (SSSR count). The van der Waals surface area contributed by atoms with Gasteiger partial charge in [-0.05, 0) is 45.2 Å². The Hall–Kier alpha value is -1.91. The molecule has 5 heteroatoms. The van der Waals surface area contributed by atoms with E-state index in [-0.39, 0.29) is 11.8 Å². The van der Waals surface area contributed by atoms with E-state index < -0.39 is 11.1 Å². The standard InChI is InChI=1S/C16H23N3O2/c1-6-16(5)13(20)18-15(3,4)14(21)19(16)10-12-7-11(2)8-17-9-12/h7-9H,6,10H2,1-5H3,(H,18,20). The molecule has 1 N–H and O–H groups in total. The van der Waals surface area contributed by atoms with Gasteiger partial charge in [0.1, 0.15) is 11.1 Å². The molecule has 1 saturated heterocycles. The number of nitrogens with zero attached hydrogens (tertiary/aromatic N) is 2. The quantitative estimate of drug-likeness (QED) is 0.923. The van der Waals surface area contributed by atoms with E-state index in [4.69, 9.17) is 0 Å². The van der Waals surface area contributed by atoms with Crippen LogP contribution < -0.4 is 5.32 Å². The Kier molecular flexibility index (Phi) is 3.78. The molecule has 2 heterocycles. The molecule has 1 aliphatic rings. The number of amides is 2. The van der Waals surface area contributed by atoms with E-state index in [1.54, 1.807) is 31.1 Å². The minimum Gasteiger partial charge on any atom is -0.340 e. The van der Waals surface area contributed by atoms with Crippen LogP contribution in [-0.2, 0) is 16.1 Å². The van der Waals surface area contributed by atoms with Crippen LogP contribution in [0.2, 0.25) is 0 Å². The summed E-state index contributed by atoms with van der Waals surface area (Å²) in [6.07, 6.45) is 4.09. The second-order valence-electron chi connectivity index (χ2n) is 6.47. The fourth-order valence-electron chi connectivity index (χ4n) is 2.64. The van der Waals surface area contributed by atoms with Gasteiger partial charge in [-0.1, -0.05) is 13.0 Å². The number of carbonyl (C=O) groups excluding carboxylic acids is 2. The van der Waals surface area contributed by atoms with Crippen molar-refractivity contribution in [3.8, 4) is 0 Å². The minimum absolute atomic E-state index is 0.0621. The number of aromatic nitrogens is 1. The van der Waals surface area contributed by atoms with Crippen LogP contribution in [0, 0.1) is 6.92 Å². The van der Waals surface area contributed by atoms with Crippen LogP contribution in [0.4, 0.5) is 0 Å². The van der Waals surface area contributed by atoms with Gasteiger partial charge >= 0.3 is 0 Å². The maximum absolute atomic E-state index is 12.7. The summed E-state index contributed by atoms with van der Waals surface area (Å²) < 4.78 is 0. The highest BCUT2D eigenvalue weighted by Gasteiger charge is 2.51. The maximum atomic E-state index is 12.7.